The largest absolute Gasteiger partial charge is 0.756 e. The van der Waals surface area contributed by atoms with Crippen LogP contribution in [0.1, 0.15) is 251 Å². The van der Waals surface area contributed by atoms with Crippen molar-refractivity contribution in [3.05, 3.63) is 72.9 Å². The topological polar surface area (TPSA) is 94.1 Å². The molecule has 0 aliphatic carbocycles. The van der Waals surface area contributed by atoms with Gasteiger partial charge < -0.3 is 27.9 Å². The molecule has 2 atom stereocenters. The molecule has 9 heteroatoms. The van der Waals surface area contributed by atoms with Crippen LogP contribution in [0.3, 0.4) is 0 Å². The molecule has 0 rings (SSSR count). The lowest BCUT2D eigenvalue weighted by molar-refractivity contribution is -0.870. The third-order valence-electron chi connectivity index (χ3n) is 12.5. The summed E-state index contributed by atoms with van der Waals surface area (Å²) in [6.45, 7) is 5.28. The highest BCUT2D eigenvalue weighted by Crippen LogP contribution is 2.38. The molecule has 0 aliphatic rings. The van der Waals surface area contributed by atoms with Crippen LogP contribution in [0.15, 0.2) is 72.9 Å². The summed E-state index contributed by atoms with van der Waals surface area (Å²) in [5, 5.41) is 0. The van der Waals surface area contributed by atoms with Crippen LogP contribution in [0.5, 0.6) is 0 Å². The highest BCUT2D eigenvalue weighted by molar-refractivity contribution is 7.45. The maximum atomic E-state index is 12.8. The number of phosphoric acid groups is 1. The summed E-state index contributed by atoms with van der Waals surface area (Å²) in [5.74, 6) is -0.338. The van der Waals surface area contributed by atoms with Gasteiger partial charge >= 0.3 is 5.97 Å². The SMILES string of the molecule is CC/C=C\C/C=C\C/C=C\C/C=C\C/C=C\C/C=C\CCCCCCCOCC(COP(=O)([O-])OCC[N+](C)(C)C)OC(=O)CCCCCCCCCCCCCCCCCCCCCCCCCC. The average molecular weight is 1000 g/mol. The van der Waals surface area contributed by atoms with E-state index in [-0.39, 0.29) is 25.8 Å². The van der Waals surface area contributed by atoms with Crippen LogP contribution < -0.4 is 4.89 Å². The van der Waals surface area contributed by atoms with Gasteiger partial charge in [0, 0.05) is 13.0 Å². The van der Waals surface area contributed by atoms with Gasteiger partial charge in [-0.3, -0.25) is 9.36 Å². The summed E-state index contributed by atoms with van der Waals surface area (Å²) in [6, 6.07) is 0. The van der Waals surface area contributed by atoms with Crippen molar-refractivity contribution in [1.29, 1.82) is 0 Å². The quantitative estimate of drug-likeness (QED) is 0.0197. The number of allylic oxidation sites excluding steroid dienone is 12. The molecular formula is C61H112NO7P. The highest BCUT2D eigenvalue weighted by atomic mass is 31.2. The summed E-state index contributed by atoms with van der Waals surface area (Å²) in [4.78, 5) is 25.3. The Kier molecular flexibility index (Phi) is 51.7. The Morgan fingerprint density at radius 3 is 1.24 bits per heavy atom. The number of quaternary nitrogens is 1. The summed E-state index contributed by atoms with van der Waals surface area (Å²) >= 11 is 0. The van der Waals surface area contributed by atoms with Crippen molar-refractivity contribution in [2.75, 3.05) is 54.1 Å². The summed E-state index contributed by atoms with van der Waals surface area (Å²) < 4.78 is 34.8. The maximum Gasteiger partial charge on any atom is 0.306 e. The molecule has 2 unspecified atom stereocenters. The molecule has 408 valence electrons. The van der Waals surface area contributed by atoms with Gasteiger partial charge in [-0.25, -0.2) is 0 Å². The van der Waals surface area contributed by atoms with Gasteiger partial charge in [-0.1, -0.05) is 254 Å². The fraction of sp³-hybridized carbons (Fsp3) is 0.787. The number of rotatable bonds is 54. The smallest absolute Gasteiger partial charge is 0.306 e. The third-order valence-corrected chi connectivity index (χ3v) is 13.5. The molecule has 0 fully saturated rings. The van der Waals surface area contributed by atoms with Gasteiger partial charge in [-0.2, -0.15) is 0 Å². The number of phosphoric ester groups is 1. The van der Waals surface area contributed by atoms with E-state index >= 15 is 0 Å². The zero-order chi connectivity index (χ0) is 51.2. The van der Waals surface area contributed by atoms with Crippen LogP contribution in [0.2, 0.25) is 0 Å². The van der Waals surface area contributed by atoms with Crippen molar-refractivity contribution >= 4 is 13.8 Å². The highest BCUT2D eigenvalue weighted by Gasteiger charge is 2.20. The van der Waals surface area contributed by atoms with Crippen LogP contribution in [-0.2, 0) is 27.9 Å². The van der Waals surface area contributed by atoms with Gasteiger partial charge in [0.05, 0.1) is 34.4 Å². The second-order valence-electron chi connectivity index (χ2n) is 20.6. The summed E-state index contributed by atoms with van der Waals surface area (Å²) in [6.07, 6.45) is 70.9. The van der Waals surface area contributed by atoms with Crippen molar-refractivity contribution in [3.8, 4) is 0 Å². The summed E-state index contributed by atoms with van der Waals surface area (Å²) in [7, 11) is 1.34. The first-order chi connectivity index (χ1) is 34.1. The molecule has 0 aromatic heterocycles. The minimum absolute atomic E-state index is 0.0200. The molecule has 0 saturated carbocycles. The first-order valence-electron chi connectivity index (χ1n) is 29.2. The Morgan fingerprint density at radius 2 is 0.829 bits per heavy atom. The zero-order valence-electron chi connectivity index (χ0n) is 46.5. The van der Waals surface area contributed by atoms with Crippen molar-refractivity contribution in [2.24, 2.45) is 0 Å². The van der Waals surface area contributed by atoms with E-state index in [0.717, 1.165) is 83.5 Å². The number of hydrogen-bond acceptors (Lipinski definition) is 7. The molecule has 0 radical (unpaired) electrons. The van der Waals surface area contributed by atoms with Gasteiger partial charge in [0.15, 0.2) is 0 Å². The standard InChI is InChI=1S/C61H112NO7P/c1-6-8-10-12-14-16-18-20-22-24-26-28-30-32-34-36-38-40-42-44-46-48-50-52-54-61(63)69-60(59-68-70(64,65)67-57-55-62(3,4)5)58-66-56-53-51-49-47-45-43-41-39-37-35-33-31-29-27-25-23-21-19-17-15-13-11-9-7-2/h9,11,15,17,21,23,27,29,33,35,39,41,60H,6-8,10,12-14,16,18-20,22,24-26,28,30-32,34,36-38,40,42-59H2,1-5H3/b11-9-,17-15-,23-21-,29-27-,35-33-,41-39-. The Labute approximate surface area is 433 Å². The fourth-order valence-electron chi connectivity index (χ4n) is 8.08. The van der Waals surface area contributed by atoms with Crippen LogP contribution in [0.25, 0.3) is 0 Å². The molecular weight excluding hydrogens is 890 g/mol. The van der Waals surface area contributed by atoms with E-state index in [9.17, 15) is 14.3 Å². The van der Waals surface area contributed by atoms with E-state index < -0.39 is 13.9 Å². The van der Waals surface area contributed by atoms with Crippen molar-refractivity contribution in [2.45, 2.75) is 258 Å². The Hall–Kier alpha value is -2.06. The molecule has 0 aromatic rings. The molecule has 0 N–H and O–H groups in total. The normalized spacial score (nSPS) is 14.0. The Balaban J connectivity index is 4.11. The molecule has 0 saturated heterocycles. The Morgan fingerprint density at radius 1 is 0.457 bits per heavy atom. The number of hydrogen-bond donors (Lipinski definition) is 0. The van der Waals surface area contributed by atoms with Gasteiger partial charge in [0.2, 0.25) is 0 Å². The maximum absolute atomic E-state index is 12.8. The van der Waals surface area contributed by atoms with Gasteiger partial charge in [0.25, 0.3) is 7.82 Å². The number of carbonyl (C=O) groups is 1. The van der Waals surface area contributed by atoms with Crippen molar-refractivity contribution < 1.29 is 37.3 Å². The number of carbonyl (C=O) groups excluding carboxylic acids is 1. The first kappa shape index (κ1) is 67.9. The molecule has 0 heterocycles. The fourth-order valence-corrected chi connectivity index (χ4v) is 8.81. The third kappa shape index (κ3) is 56.8. The van der Waals surface area contributed by atoms with E-state index in [4.69, 9.17) is 18.5 Å². The summed E-state index contributed by atoms with van der Waals surface area (Å²) in [5.41, 5.74) is 0. The van der Waals surface area contributed by atoms with E-state index in [1.165, 1.54) is 148 Å². The monoisotopic (exact) mass is 1000 g/mol. The second-order valence-corrected chi connectivity index (χ2v) is 22.0. The predicted octanol–water partition coefficient (Wildman–Crippen LogP) is 17.9. The zero-order valence-corrected chi connectivity index (χ0v) is 47.4. The molecule has 0 aliphatic heterocycles. The van der Waals surface area contributed by atoms with Crippen LogP contribution in [0, 0.1) is 0 Å². The van der Waals surface area contributed by atoms with Crippen molar-refractivity contribution in [1.82, 2.24) is 0 Å². The lowest BCUT2D eigenvalue weighted by Gasteiger charge is -2.28. The Bertz CT molecular complexity index is 1350. The second kappa shape index (κ2) is 53.2. The molecule has 8 nitrogen and oxygen atoms in total. The molecule has 0 bridgehead atoms. The van der Waals surface area contributed by atoms with Crippen molar-refractivity contribution in [3.63, 3.8) is 0 Å². The molecule has 70 heavy (non-hydrogen) atoms. The van der Waals surface area contributed by atoms with Crippen LogP contribution >= 0.6 is 7.82 Å². The predicted molar refractivity (Wildman–Crippen MR) is 300 cm³/mol. The molecule has 0 spiro atoms. The van der Waals surface area contributed by atoms with Crippen LogP contribution in [-0.4, -0.2) is 70.7 Å². The number of nitrogens with zero attached hydrogens (tertiary/aromatic N) is 1. The van der Waals surface area contributed by atoms with E-state index in [1.54, 1.807) is 0 Å². The van der Waals surface area contributed by atoms with Gasteiger partial charge in [-0.15, -0.1) is 0 Å². The first-order valence-corrected chi connectivity index (χ1v) is 30.6. The number of ether oxygens (including phenoxy) is 2. The number of likely N-dealkylation sites (N-methyl/N-ethyl adjacent to an activating group) is 1. The van der Waals surface area contributed by atoms with Gasteiger partial charge in [0.1, 0.15) is 19.3 Å². The van der Waals surface area contributed by atoms with E-state index in [1.807, 2.05) is 21.1 Å². The number of unbranched alkanes of at least 4 members (excludes halogenated alkanes) is 28. The number of esters is 1. The minimum atomic E-state index is -4.54. The minimum Gasteiger partial charge on any atom is -0.756 e. The van der Waals surface area contributed by atoms with E-state index in [2.05, 4.69) is 86.8 Å². The van der Waals surface area contributed by atoms with Crippen LogP contribution in [0.4, 0.5) is 0 Å². The van der Waals surface area contributed by atoms with Gasteiger partial charge in [-0.05, 0) is 64.2 Å². The lowest BCUT2D eigenvalue weighted by atomic mass is 10.0. The molecule has 0 aromatic carbocycles. The lowest BCUT2D eigenvalue weighted by Crippen LogP contribution is -2.37. The average Bonchev–Trinajstić information content (AvgIpc) is 3.32. The molecule has 0 amide bonds. The van der Waals surface area contributed by atoms with E-state index in [0.29, 0.717) is 24.1 Å².